The van der Waals surface area contributed by atoms with Gasteiger partial charge in [-0.3, -0.25) is 0 Å². The molecule has 3 nitrogen and oxygen atoms in total. The first-order valence-electron chi connectivity index (χ1n) is 4.84. The Morgan fingerprint density at radius 1 is 1.47 bits per heavy atom. The first-order chi connectivity index (χ1) is 7.18. The van der Waals surface area contributed by atoms with Crippen LogP contribution in [-0.4, -0.2) is 24.6 Å². The molecule has 0 aromatic heterocycles. The minimum Gasteiger partial charge on any atom is -0.441 e. The van der Waals surface area contributed by atoms with E-state index >= 15 is 0 Å². The molecule has 1 heterocycles. The Kier molecular flexibility index (Phi) is 2.58. The molecule has 1 aliphatic rings. The third-order valence-electron chi connectivity index (χ3n) is 2.53. The van der Waals surface area contributed by atoms with Crippen LogP contribution in [0.4, 0.5) is 9.18 Å². The smallest absolute Gasteiger partial charge is 0.410 e. The molecule has 0 spiro atoms. The minimum atomic E-state index is -0.449. The largest absolute Gasteiger partial charge is 0.441 e. The summed E-state index contributed by atoms with van der Waals surface area (Å²) >= 11 is 0. The Hall–Kier alpha value is -1.58. The summed E-state index contributed by atoms with van der Waals surface area (Å²) in [7, 11) is 1.67. The molecule has 80 valence electrons. The number of carbonyl (C=O) groups is 1. The summed E-state index contributed by atoms with van der Waals surface area (Å²) in [6.07, 6.45) is -0.215. The van der Waals surface area contributed by atoms with Crippen LogP contribution in [0.25, 0.3) is 0 Å². The highest BCUT2D eigenvalue weighted by Gasteiger charge is 2.27. The molecule has 0 saturated carbocycles. The minimum absolute atomic E-state index is 0.320. The number of halogens is 1. The Balaban J connectivity index is 2.19. The second-order valence-corrected chi connectivity index (χ2v) is 3.60. The molecule has 1 saturated heterocycles. The summed E-state index contributed by atoms with van der Waals surface area (Å²) in [5.74, 6) is -0.320. The zero-order valence-corrected chi connectivity index (χ0v) is 8.44. The van der Waals surface area contributed by atoms with Gasteiger partial charge >= 0.3 is 6.09 Å². The van der Waals surface area contributed by atoms with Gasteiger partial charge in [0.05, 0.1) is 0 Å². The third-order valence-corrected chi connectivity index (χ3v) is 2.53. The van der Waals surface area contributed by atoms with Crippen molar-refractivity contribution in [2.75, 3.05) is 13.6 Å². The third kappa shape index (κ3) is 1.93. The molecule has 2 rings (SSSR count). The summed E-state index contributed by atoms with van der Waals surface area (Å²) in [5.41, 5.74) is 0.457. The van der Waals surface area contributed by atoms with Gasteiger partial charge in [-0.2, -0.15) is 0 Å². The van der Waals surface area contributed by atoms with Gasteiger partial charge in [0.2, 0.25) is 0 Å². The summed E-state index contributed by atoms with van der Waals surface area (Å²) in [4.78, 5) is 12.8. The number of benzene rings is 1. The van der Waals surface area contributed by atoms with Crippen LogP contribution in [0, 0.1) is 5.82 Å². The number of nitrogens with zero attached hydrogens (tertiary/aromatic N) is 1. The van der Waals surface area contributed by atoms with E-state index in [0.717, 1.165) is 0 Å². The van der Waals surface area contributed by atoms with Crippen molar-refractivity contribution in [1.82, 2.24) is 4.90 Å². The molecule has 15 heavy (non-hydrogen) atoms. The number of rotatable bonds is 1. The van der Waals surface area contributed by atoms with Gasteiger partial charge in [0, 0.05) is 25.6 Å². The van der Waals surface area contributed by atoms with Gasteiger partial charge in [-0.05, 0) is 6.07 Å². The molecule has 0 bridgehead atoms. The molecule has 1 fully saturated rings. The number of hydrogen-bond donors (Lipinski definition) is 0. The van der Waals surface area contributed by atoms with E-state index in [1.807, 2.05) is 0 Å². The fourth-order valence-corrected chi connectivity index (χ4v) is 1.63. The maximum absolute atomic E-state index is 13.4. The summed E-state index contributed by atoms with van der Waals surface area (Å²) < 4.78 is 18.5. The fraction of sp³-hybridized carbons (Fsp3) is 0.364. The van der Waals surface area contributed by atoms with Crippen molar-refractivity contribution < 1.29 is 13.9 Å². The Bertz CT molecular complexity index is 381. The molecule has 1 aliphatic heterocycles. The average Bonchev–Trinajstić information content (AvgIpc) is 2.23. The SMILES string of the molecule is CN1CCC(c2ccccc2F)OC1=O. The van der Waals surface area contributed by atoms with Crippen LogP contribution < -0.4 is 0 Å². The number of hydrogen-bond acceptors (Lipinski definition) is 2. The lowest BCUT2D eigenvalue weighted by Crippen LogP contribution is -2.36. The van der Waals surface area contributed by atoms with Crippen LogP contribution in [0.5, 0.6) is 0 Å². The van der Waals surface area contributed by atoms with Crippen LogP contribution in [0.2, 0.25) is 0 Å². The Morgan fingerprint density at radius 3 is 2.87 bits per heavy atom. The number of cyclic esters (lactones) is 1. The van der Waals surface area contributed by atoms with Gasteiger partial charge in [-0.25, -0.2) is 9.18 Å². The molecule has 1 aromatic rings. The summed E-state index contributed by atoms with van der Waals surface area (Å²) in [6.45, 7) is 0.595. The highest BCUT2D eigenvalue weighted by molar-refractivity contribution is 5.68. The van der Waals surface area contributed by atoms with Gasteiger partial charge in [0.1, 0.15) is 11.9 Å². The van der Waals surface area contributed by atoms with Gasteiger partial charge in [0.15, 0.2) is 0 Å². The van der Waals surface area contributed by atoms with Crippen LogP contribution in [0.3, 0.4) is 0 Å². The zero-order chi connectivity index (χ0) is 10.8. The van der Waals surface area contributed by atoms with Crippen molar-refractivity contribution in [3.63, 3.8) is 0 Å². The maximum atomic E-state index is 13.4. The van der Waals surface area contributed by atoms with Crippen molar-refractivity contribution in [1.29, 1.82) is 0 Å². The van der Waals surface area contributed by atoms with Crippen molar-refractivity contribution in [2.45, 2.75) is 12.5 Å². The van der Waals surface area contributed by atoms with Crippen LogP contribution in [0.15, 0.2) is 24.3 Å². The van der Waals surface area contributed by atoms with E-state index in [0.29, 0.717) is 18.5 Å². The molecule has 0 aliphatic carbocycles. The molecule has 1 aromatic carbocycles. The predicted octanol–water partition coefficient (Wildman–Crippen LogP) is 2.34. The van der Waals surface area contributed by atoms with Crippen molar-refractivity contribution in [3.05, 3.63) is 35.6 Å². The Labute approximate surface area is 87.5 Å². The van der Waals surface area contributed by atoms with E-state index in [9.17, 15) is 9.18 Å². The van der Waals surface area contributed by atoms with Gasteiger partial charge in [0.25, 0.3) is 0 Å². The standard InChI is InChI=1S/C11H12FNO2/c1-13-7-6-10(15-11(13)14)8-4-2-3-5-9(8)12/h2-5,10H,6-7H2,1H3. The topological polar surface area (TPSA) is 29.5 Å². The van der Waals surface area contributed by atoms with E-state index in [2.05, 4.69) is 0 Å². The van der Waals surface area contributed by atoms with Gasteiger partial charge in [-0.1, -0.05) is 18.2 Å². The molecular weight excluding hydrogens is 197 g/mol. The van der Waals surface area contributed by atoms with Gasteiger partial charge in [-0.15, -0.1) is 0 Å². The second kappa shape index (κ2) is 3.88. The number of carbonyl (C=O) groups excluding carboxylic acids is 1. The summed E-state index contributed by atoms with van der Waals surface area (Å²) in [5, 5.41) is 0. The normalized spacial score (nSPS) is 21.3. The second-order valence-electron chi connectivity index (χ2n) is 3.60. The van der Waals surface area contributed by atoms with E-state index < -0.39 is 12.2 Å². The lowest BCUT2D eigenvalue weighted by Gasteiger charge is -2.29. The average molecular weight is 209 g/mol. The quantitative estimate of drug-likeness (QED) is 0.710. The molecule has 1 unspecified atom stereocenters. The van der Waals surface area contributed by atoms with Crippen LogP contribution >= 0.6 is 0 Å². The fourth-order valence-electron chi connectivity index (χ4n) is 1.63. The lowest BCUT2D eigenvalue weighted by atomic mass is 10.0. The van der Waals surface area contributed by atoms with Crippen molar-refractivity contribution in [2.24, 2.45) is 0 Å². The zero-order valence-electron chi connectivity index (χ0n) is 8.44. The lowest BCUT2D eigenvalue weighted by molar-refractivity contribution is 0.0309. The molecule has 1 atom stereocenters. The maximum Gasteiger partial charge on any atom is 0.410 e. The first kappa shape index (κ1) is 9.96. The first-order valence-corrected chi connectivity index (χ1v) is 4.84. The van der Waals surface area contributed by atoms with Crippen LogP contribution in [0.1, 0.15) is 18.1 Å². The molecule has 0 radical (unpaired) electrons. The van der Waals surface area contributed by atoms with E-state index in [1.54, 1.807) is 25.2 Å². The van der Waals surface area contributed by atoms with Crippen LogP contribution in [-0.2, 0) is 4.74 Å². The highest BCUT2D eigenvalue weighted by atomic mass is 19.1. The molecular formula is C11H12FNO2. The monoisotopic (exact) mass is 209 g/mol. The van der Waals surface area contributed by atoms with Crippen molar-refractivity contribution in [3.8, 4) is 0 Å². The Morgan fingerprint density at radius 2 is 2.20 bits per heavy atom. The van der Waals surface area contributed by atoms with E-state index in [1.165, 1.54) is 11.0 Å². The molecule has 4 heteroatoms. The van der Waals surface area contributed by atoms with E-state index in [-0.39, 0.29) is 5.82 Å². The predicted molar refractivity (Wildman–Crippen MR) is 52.9 cm³/mol. The molecule has 1 amide bonds. The van der Waals surface area contributed by atoms with Gasteiger partial charge < -0.3 is 9.64 Å². The molecule has 0 N–H and O–H groups in total. The summed E-state index contributed by atoms with van der Waals surface area (Å²) in [6, 6.07) is 6.39. The highest BCUT2D eigenvalue weighted by Crippen LogP contribution is 2.27. The van der Waals surface area contributed by atoms with E-state index in [4.69, 9.17) is 4.74 Å². The number of amides is 1. The number of ether oxygens (including phenoxy) is 1. The van der Waals surface area contributed by atoms with Crippen molar-refractivity contribution >= 4 is 6.09 Å².